The molecule has 0 aliphatic heterocycles. The van der Waals surface area contributed by atoms with Gasteiger partial charge in [-0.3, -0.25) is 5.41 Å². The standard InChI is InChI=1S/C10H8ClFN6/c11-4-1-5(8(14)16-2-4)7(13)10-17-3-6(12)9(15)18-10/h1-3,13H,(H2,14,16)(H2,15,17,18). The molecule has 18 heavy (non-hydrogen) atoms. The second-order valence-corrected chi connectivity index (χ2v) is 3.82. The Morgan fingerprint density at radius 1 is 1.22 bits per heavy atom. The molecule has 0 saturated heterocycles. The van der Waals surface area contributed by atoms with Crippen molar-refractivity contribution in [1.29, 1.82) is 5.41 Å². The molecule has 2 heterocycles. The van der Waals surface area contributed by atoms with Crippen molar-refractivity contribution in [2.75, 3.05) is 11.5 Å². The van der Waals surface area contributed by atoms with E-state index in [-0.39, 0.29) is 28.7 Å². The Morgan fingerprint density at radius 2 is 1.94 bits per heavy atom. The normalized spacial score (nSPS) is 10.3. The molecule has 0 spiro atoms. The molecule has 2 aromatic rings. The number of nitrogens with zero attached hydrogens (tertiary/aromatic N) is 3. The summed E-state index contributed by atoms with van der Waals surface area (Å²) in [6.07, 6.45) is 2.24. The predicted molar refractivity (Wildman–Crippen MR) is 66.0 cm³/mol. The first-order chi connectivity index (χ1) is 8.49. The Bertz CT molecular complexity index is 630. The van der Waals surface area contributed by atoms with Gasteiger partial charge in [-0.25, -0.2) is 19.3 Å². The highest BCUT2D eigenvalue weighted by Gasteiger charge is 2.14. The van der Waals surface area contributed by atoms with Crippen LogP contribution in [0.5, 0.6) is 0 Å². The van der Waals surface area contributed by atoms with Crippen molar-refractivity contribution in [3.05, 3.63) is 40.7 Å². The van der Waals surface area contributed by atoms with E-state index in [2.05, 4.69) is 15.0 Å². The van der Waals surface area contributed by atoms with Gasteiger partial charge in [-0.15, -0.1) is 0 Å². The predicted octanol–water partition coefficient (Wildman–Crippen LogP) is 1.24. The molecule has 0 aliphatic rings. The summed E-state index contributed by atoms with van der Waals surface area (Å²) < 4.78 is 12.9. The maximum atomic E-state index is 12.9. The highest BCUT2D eigenvalue weighted by Crippen LogP contribution is 2.18. The molecule has 2 aromatic heterocycles. The van der Waals surface area contributed by atoms with Gasteiger partial charge in [-0.1, -0.05) is 11.6 Å². The first-order valence-corrected chi connectivity index (χ1v) is 5.15. The van der Waals surface area contributed by atoms with Crippen LogP contribution in [0.25, 0.3) is 0 Å². The van der Waals surface area contributed by atoms with Crippen molar-refractivity contribution in [3.8, 4) is 0 Å². The van der Waals surface area contributed by atoms with Gasteiger partial charge in [0.05, 0.1) is 11.2 Å². The van der Waals surface area contributed by atoms with Gasteiger partial charge in [-0.05, 0) is 6.07 Å². The fraction of sp³-hybridized carbons (Fsp3) is 0. The first-order valence-electron chi connectivity index (χ1n) is 4.77. The minimum atomic E-state index is -0.747. The molecular weight excluding hydrogens is 259 g/mol. The Balaban J connectivity index is 2.47. The van der Waals surface area contributed by atoms with Crippen LogP contribution in [-0.2, 0) is 0 Å². The van der Waals surface area contributed by atoms with Gasteiger partial charge < -0.3 is 11.5 Å². The Kier molecular flexibility index (Phi) is 3.07. The van der Waals surface area contributed by atoms with E-state index in [1.165, 1.54) is 12.3 Å². The van der Waals surface area contributed by atoms with E-state index in [1.54, 1.807) is 0 Å². The van der Waals surface area contributed by atoms with E-state index in [0.717, 1.165) is 6.20 Å². The first kappa shape index (κ1) is 12.2. The van der Waals surface area contributed by atoms with Gasteiger partial charge >= 0.3 is 0 Å². The summed E-state index contributed by atoms with van der Waals surface area (Å²) in [5.41, 5.74) is 11.1. The Hall–Kier alpha value is -2.28. The van der Waals surface area contributed by atoms with Crippen molar-refractivity contribution in [1.82, 2.24) is 15.0 Å². The average Bonchev–Trinajstić information content (AvgIpc) is 2.35. The summed E-state index contributed by atoms with van der Waals surface area (Å²) in [6, 6.07) is 1.45. The van der Waals surface area contributed by atoms with E-state index in [9.17, 15) is 4.39 Å². The summed E-state index contributed by atoms with van der Waals surface area (Å²) >= 11 is 5.76. The fourth-order valence-corrected chi connectivity index (χ4v) is 1.43. The van der Waals surface area contributed by atoms with E-state index in [0.29, 0.717) is 5.02 Å². The zero-order chi connectivity index (χ0) is 13.3. The maximum absolute atomic E-state index is 12.9. The van der Waals surface area contributed by atoms with E-state index < -0.39 is 5.82 Å². The lowest BCUT2D eigenvalue weighted by atomic mass is 10.1. The van der Waals surface area contributed by atoms with Gasteiger partial charge in [-0.2, -0.15) is 0 Å². The lowest BCUT2D eigenvalue weighted by Crippen LogP contribution is -2.12. The molecule has 0 atom stereocenters. The third kappa shape index (κ3) is 2.21. The highest BCUT2D eigenvalue weighted by molar-refractivity contribution is 6.31. The third-order valence-corrected chi connectivity index (χ3v) is 2.36. The summed E-state index contributed by atoms with van der Waals surface area (Å²) in [7, 11) is 0. The molecule has 6 nitrogen and oxygen atoms in total. The van der Waals surface area contributed by atoms with Crippen molar-refractivity contribution in [3.63, 3.8) is 0 Å². The topological polar surface area (TPSA) is 115 Å². The van der Waals surface area contributed by atoms with Crippen LogP contribution in [0.2, 0.25) is 5.02 Å². The van der Waals surface area contributed by atoms with Crippen LogP contribution in [0.4, 0.5) is 16.0 Å². The molecular formula is C10H8ClFN6. The molecule has 0 amide bonds. The van der Waals surface area contributed by atoms with E-state index in [4.69, 9.17) is 28.5 Å². The number of hydrogen-bond acceptors (Lipinski definition) is 6. The van der Waals surface area contributed by atoms with Crippen molar-refractivity contribution < 1.29 is 4.39 Å². The zero-order valence-electron chi connectivity index (χ0n) is 8.98. The van der Waals surface area contributed by atoms with Crippen molar-refractivity contribution in [2.45, 2.75) is 0 Å². The summed E-state index contributed by atoms with van der Waals surface area (Å²) in [6.45, 7) is 0. The molecule has 0 aliphatic carbocycles. The highest BCUT2D eigenvalue weighted by atomic mass is 35.5. The molecule has 5 N–H and O–H groups in total. The zero-order valence-corrected chi connectivity index (χ0v) is 9.74. The number of pyridine rings is 1. The van der Waals surface area contributed by atoms with Crippen LogP contribution >= 0.6 is 11.6 Å². The number of aromatic nitrogens is 3. The molecule has 0 bridgehead atoms. The molecule has 8 heteroatoms. The molecule has 0 radical (unpaired) electrons. The van der Waals surface area contributed by atoms with Crippen LogP contribution in [-0.4, -0.2) is 20.7 Å². The monoisotopic (exact) mass is 266 g/mol. The van der Waals surface area contributed by atoms with Crippen LogP contribution in [0, 0.1) is 11.2 Å². The minimum absolute atomic E-state index is 0.0512. The van der Waals surface area contributed by atoms with Crippen molar-refractivity contribution >= 4 is 28.9 Å². The quantitative estimate of drug-likeness (QED) is 0.708. The number of nitrogens with one attached hydrogen (secondary N) is 1. The summed E-state index contributed by atoms with van der Waals surface area (Å²) in [5.74, 6) is -1.03. The van der Waals surface area contributed by atoms with Gasteiger partial charge in [0.1, 0.15) is 11.5 Å². The Morgan fingerprint density at radius 3 is 2.61 bits per heavy atom. The van der Waals surface area contributed by atoms with Crippen LogP contribution in [0.15, 0.2) is 18.5 Å². The number of hydrogen-bond donors (Lipinski definition) is 3. The van der Waals surface area contributed by atoms with Crippen molar-refractivity contribution in [2.24, 2.45) is 0 Å². The van der Waals surface area contributed by atoms with Gasteiger partial charge in [0.15, 0.2) is 17.5 Å². The van der Waals surface area contributed by atoms with Gasteiger partial charge in [0.2, 0.25) is 0 Å². The molecule has 0 saturated carbocycles. The number of halogens is 2. The van der Waals surface area contributed by atoms with Gasteiger partial charge in [0, 0.05) is 11.8 Å². The van der Waals surface area contributed by atoms with Crippen LogP contribution in [0.3, 0.4) is 0 Å². The fourth-order valence-electron chi connectivity index (χ4n) is 1.27. The lowest BCUT2D eigenvalue weighted by Gasteiger charge is -2.06. The average molecular weight is 267 g/mol. The number of nitrogens with two attached hydrogens (primary N) is 2. The third-order valence-electron chi connectivity index (χ3n) is 2.15. The molecule has 0 aromatic carbocycles. The smallest absolute Gasteiger partial charge is 0.183 e. The second-order valence-electron chi connectivity index (χ2n) is 3.39. The summed E-state index contributed by atoms with van der Waals surface area (Å²) in [5, 5.41) is 8.21. The van der Waals surface area contributed by atoms with E-state index in [1.807, 2.05) is 0 Å². The number of anilines is 2. The van der Waals surface area contributed by atoms with Gasteiger partial charge in [0.25, 0.3) is 0 Å². The lowest BCUT2D eigenvalue weighted by molar-refractivity contribution is 0.619. The number of nitrogen functional groups attached to an aromatic ring is 2. The SMILES string of the molecule is N=C(c1ncc(F)c(N)n1)c1cc(Cl)cnc1N. The largest absolute Gasteiger partial charge is 0.383 e. The molecule has 92 valence electrons. The Labute approximate surface area is 106 Å². The molecule has 2 rings (SSSR count). The van der Waals surface area contributed by atoms with E-state index >= 15 is 0 Å². The second kappa shape index (κ2) is 4.53. The maximum Gasteiger partial charge on any atom is 0.183 e. The minimum Gasteiger partial charge on any atom is -0.383 e. The van der Waals surface area contributed by atoms with Crippen LogP contribution in [0.1, 0.15) is 11.4 Å². The molecule has 0 unspecified atom stereocenters. The van der Waals surface area contributed by atoms with Crippen LogP contribution < -0.4 is 11.5 Å². The summed E-state index contributed by atoms with van der Waals surface area (Å²) in [4.78, 5) is 11.1. The number of rotatable bonds is 2. The molecule has 0 fully saturated rings.